The van der Waals surface area contributed by atoms with Gasteiger partial charge in [-0.3, -0.25) is 4.79 Å². The molecule has 0 aliphatic rings. The van der Waals surface area contributed by atoms with E-state index >= 15 is 0 Å². The summed E-state index contributed by atoms with van der Waals surface area (Å²) in [6, 6.07) is 4.57. The van der Waals surface area contributed by atoms with E-state index in [-0.39, 0.29) is 30.9 Å². The maximum atomic E-state index is 13.4. The molecule has 112 valence electrons. The summed E-state index contributed by atoms with van der Waals surface area (Å²) < 4.78 is 28.3. The van der Waals surface area contributed by atoms with E-state index in [9.17, 15) is 9.18 Å². The Morgan fingerprint density at radius 2 is 2.00 bits per heavy atom. The molecule has 20 heavy (non-hydrogen) atoms. The molecule has 0 saturated carbocycles. The minimum Gasteiger partial charge on any atom is -0.494 e. The van der Waals surface area contributed by atoms with E-state index in [1.807, 2.05) is 0 Å². The number of halogens is 1. The lowest BCUT2D eigenvalue weighted by Gasteiger charge is -2.13. The van der Waals surface area contributed by atoms with Gasteiger partial charge >= 0.3 is 0 Å². The summed E-state index contributed by atoms with van der Waals surface area (Å²) in [5.74, 6) is -0.401. The van der Waals surface area contributed by atoms with E-state index < -0.39 is 5.82 Å². The topological polar surface area (TPSA) is 56.8 Å². The molecule has 1 rings (SSSR count). The molecule has 1 aromatic carbocycles. The second-order valence-corrected chi connectivity index (χ2v) is 4.19. The fourth-order valence-electron chi connectivity index (χ4n) is 1.69. The summed E-state index contributed by atoms with van der Waals surface area (Å²) in [6.45, 7) is 0.268. The summed E-state index contributed by atoms with van der Waals surface area (Å²) in [4.78, 5) is 11.6. The van der Waals surface area contributed by atoms with Gasteiger partial charge in [-0.15, -0.1) is 0 Å². The first-order valence-corrected chi connectivity index (χ1v) is 6.25. The molecule has 0 fully saturated rings. The van der Waals surface area contributed by atoms with Crippen LogP contribution in [-0.2, 0) is 20.8 Å². The summed E-state index contributed by atoms with van der Waals surface area (Å²) >= 11 is 0. The number of benzene rings is 1. The Balaban J connectivity index is 2.39. The Labute approximate surface area is 118 Å². The average molecular weight is 285 g/mol. The van der Waals surface area contributed by atoms with Crippen LogP contribution in [0.2, 0.25) is 0 Å². The number of hydrogen-bond acceptors (Lipinski definition) is 4. The van der Waals surface area contributed by atoms with Crippen LogP contribution in [0.4, 0.5) is 4.39 Å². The van der Waals surface area contributed by atoms with Gasteiger partial charge in [0.05, 0.1) is 7.11 Å². The van der Waals surface area contributed by atoms with Gasteiger partial charge in [0.2, 0.25) is 5.91 Å². The van der Waals surface area contributed by atoms with Crippen LogP contribution in [0.25, 0.3) is 0 Å². The van der Waals surface area contributed by atoms with E-state index in [1.54, 1.807) is 6.07 Å². The van der Waals surface area contributed by atoms with Crippen molar-refractivity contribution < 1.29 is 23.4 Å². The smallest absolute Gasteiger partial charge is 0.220 e. The van der Waals surface area contributed by atoms with Gasteiger partial charge in [-0.25, -0.2) is 4.39 Å². The van der Waals surface area contributed by atoms with E-state index in [0.29, 0.717) is 12.0 Å². The fraction of sp³-hybridized carbons (Fsp3) is 0.500. The van der Waals surface area contributed by atoms with E-state index in [2.05, 4.69) is 5.32 Å². The number of hydrogen-bond donors (Lipinski definition) is 1. The third-order valence-electron chi connectivity index (χ3n) is 2.84. The molecule has 0 unspecified atom stereocenters. The van der Waals surface area contributed by atoms with E-state index in [0.717, 1.165) is 0 Å². The zero-order valence-electron chi connectivity index (χ0n) is 11.9. The first-order valence-electron chi connectivity index (χ1n) is 6.25. The lowest BCUT2D eigenvalue weighted by Crippen LogP contribution is -2.25. The van der Waals surface area contributed by atoms with Crippen molar-refractivity contribution in [1.29, 1.82) is 0 Å². The first kappa shape index (κ1) is 16.4. The van der Waals surface area contributed by atoms with Crippen LogP contribution in [0.5, 0.6) is 5.75 Å². The van der Waals surface area contributed by atoms with Crippen molar-refractivity contribution in [3.8, 4) is 5.75 Å². The normalized spacial score (nSPS) is 10.7. The van der Waals surface area contributed by atoms with Crippen LogP contribution in [0.1, 0.15) is 18.4 Å². The number of carbonyl (C=O) groups excluding carboxylic acids is 1. The average Bonchev–Trinajstić information content (AvgIpc) is 2.46. The van der Waals surface area contributed by atoms with Gasteiger partial charge in [0, 0.05) is 33.6 Å². The highest BCUT2D eigenvalue weighted by atomic mass is 19.1. The number of carbonyl (C=O) groups is 1. The van der Waals surface area contributed by atoms with Crippen molar-refractivity contribution in [2.45, 2.75) is 25.7 Å². The van der Waals surface area contributed by atoms with Crippen molar-refractivity contribution in [3.05, 3.63) is 29.6 Å². The maximum Gasteiger partial charge on any atom is 0.220 e. The Kier molecular flexibility index (Phi) is 6.97. The third kappa shape index (κ3) is 5.14. The minimum absolute atomic E-state index is 0.139. The van der Waals surface area contributed by atoms with Gasteiger partial charge in [0.25, 0.3) is 0 Å². The summed E-state index contributed by atoms with van der Waals surface area (Å²) in [6.07, 6.45) is 0.361. The van der Waals surface area contributed by atoms with Gasteiger partial charge in [0.15, 0.2) is 17.9 Å². The van der Waals surface area contributed by atoms with Crippen LogP contribution >= 0.6 is 0 Å². The number of methoxy groups -OCH3 is 3. The van der Waals surface area contributed by atoms with Crippen LogP contribution in [0, 0.1) is 5.82 Å². The monoisotopic (exact) mass is 285 g/mol. The standard InChI is InChI=1S/C14H20FNO4/c1-18-12-5-4-10(8-11(12)15)9-16-13(17)6-7-14(19-2)20-3/h4-5,8,14H,6-7,9H2,1-3H3,(H,16,17). The highest BCUT2D eigenvalue weighted by molar-refractivity contribution is 5.75. The molecule has 5 nitrogen and oxygen atoms in total. The molecule has 6 heteroatoms. The lowest BCUT2D eigenvalue weighted by atomic mass is 10.2. The zero-order valence-corrected chi connectivity index (χ0v) is 11.9. The van der Waals surface area contributed by atoms with Crippen molar-refractivity contribution in [3.63, 3.8) is 0 Å². The number of ether oxygens (including phenoxy) is 3. The Morgan fingerprint density at radius 1 is 1.30 bits per heavy atom. The van der Waals surface area contributed by atoms with Crippen LogP contribution in [-0.4, -0.2) is 33.5 Å². The van der Waals surface area contributed by atoms with Gasteiger partial charge in [-0.1, -0.05) is 6.07 Å². The van der Waals surface area contributed by atoms with Crippen molar-refractivity contribution >= 4 is 5.91 Å². The molecule has 0 bridgehead atoms. The second kappa shape index (κ2) is 8.50. The maximum absolute atomic E-state index is 13.4. The highest BCUT2D eigenvalue weighted by Crippen LogP contribution is 2.17. The van der Waals surface area contributed by atoms with Gasteiger partial charge in [-0.2, -0.15) is 0 Å². The number of rotatable bonds is 8. The summed E-state index contributed by atoms with van der Waals surface area (Å²) in [7, 11) is 4.44. The van der Waals surface area contributed by atoms with Crippen molar-refractivity contribution in [2.24, 2.45) is 0 Å². The first-order chi connectivity index (χ1) is 9.60. The van der Waals surface area contributed by atoms with Crippen molar-refractivity contribution in [2.75, 3.05) is 21.3 Å². The Hall–Kier alpha value is -1.66. The quantitative estimate of drug-likeness (QED) is 0.741. The Bertz CT molecular complexity index is 435. The molecular weight excluding hydrogens is 265 g/mol. The van der Waals surface area contributed by atoms with Gasteiger partial charge in [0.1, 0.15) is 0 Å². The zero-order chi connectivity index (χ0) is 15.0. The molecule has 0 heterocycles. The molecule has 0 aromatic heterocycles. The molecule has 1 aromatic rings. The SMILES string of the molecule is COc1ccc(CNC(=O)CCC(OC)OC)cc1F. The molecule has 0 atom stereocenters. The molecule has 0 aliphatic heterocycles. The predicted octanol–water partition coefficient (Wildman–Crippen LogP) is 1.85. The van der Waals surface area contributed by atoms with E-state index in [4.69, 9.17) is 14.2 Å². The molecule has 0 aliphatic carbocycles. The number of nitrogens with one attached hydrogen (secondary N) is 1. The number of amides is 1. The predicted molar refractivity (Wildman–Crippen MR) is 71.8 cm³/mol. The summed E-state index contributed by atoms with van der Waals surface area (Å²) in [5, 5.41) is 2.71. The molecule has 0 saturated heterocycles. The van der Waals surface area contributed by atoms with Gasteiger partial charge < -0.3 is 19.5 Å². The van der Waals surface area contributed by atoms with Crippen LogP contribution in [0.15, 0.2) is 18.2 Å². The van der Waals surface area contributed by atoms with Crippen LogP contribution in [0.3, 0.4) is 0 Å². The van der Waals surface area contributed by atoms with Crippen molar-refractivity contribution in [1.82, 2.24) is 5.32 Å². The fourth-order valence-corrected chi connectivity index (χ4v) is 1.69. The molecule has 1 N–H and O–H groups in total. The van der Waals surface area contributed by atoms with E-state index in [1.165, 1.54) is 33.5 Å². The Morgan fingerprint density at radius 3 is 2.55 bits per heavy atom. The minimum atomic E-state index is -0.446. The second-order valence-electron chi connectivity index (χ2n) is 4.19. The largest absolute Gasteiger partial charge is 0.494 e. The summed E-state index contributed by atoms with van der Waals surface area (Å²) in [5.41, 5.74) is 0.673. The molecule has 1 amide bonds. The molecular formula is C14H20FNO4. The highest BCUT2D eigenvalue weighted by Gasteiger charge is 2.09. The molecule has 0 spiro atoms. The third-order valence-corrected chi connectivity index (χ3v) is 2.84. The van der Waals surface area contributed by atoms with Gasteiger partial charge in [-0.05, 0) is 17.7 Å². The lowest BCUT2D eigenvalue weighted by molar-refractivity contribution is -0.128. The van der Waals surface area contributed by atoms with Crippen LogP contribution < -0.4 is 10.1 Å². The molecule has 0 radical (unpaired) electrons.